The minimum absolute atomic E-state index is 0.539. The first-order valence-electron chi connectivity index (χ1n) is 8.34. The molecule has 0 bridgehead atoms. The van der Waals surface area contributed by atoms with Gasteiger partial charge in [-0.25, -0.2) is 0 Å². The molecule has 0 saturated heterocycles. The van der Waals surface area contributed by atoms with Gasteiger partial charge in [-0.3, -0.25) is 0 Å². The van der Waals surface area contributed by atoms with Crippen LogP contribution in [-0.4, -0.2) is 33.4 Å². The quantitative estimate of drug-likeness (QED) is 0.741. The molecule has 0 heterocycles. The van der Waals surface area contributed by atoms with Crippen LogP contribution >= 0.6 is 0 Å². The molecule has 118 valence electrons. The summed E-state index contributed by atoms with van der Waals surface area (Å²) in [5.74, 6) is 0. The van der Waals surface area contributed by atoms with Crippen molar-refractivity contribution in [3.63, 3.8) is 0 Å². The van der Waals surface area contributed by atoms with E-state index in [2.05, 4.69) is 48.6 Å². The number of anilines is 1. The van der Waals surface area contributed by atoms with Gasteiger partial charge in [0, 0.05) is 32.9 Å². The molecular weight excluding hydrogens is 260 g/mol. The Hall–Kier alpha value is -1.06. The number of benzene rings is 1. The maximum Gasteiger partial charge on any atom is 0.0575 e. The average Bonchev–Trinajstić information content (AvgIpc) is 2.52. The molecule has 1 saturated carbocycles. The van der Waals surface area contributed by atoms with Crippen LogP contribution in [0.1, 0.15) is 44.1 Å². The lowest BCUT2D eigenvalue weighted by Crippen LogP contribution is -2.20. The summed E-state index contributed by atoms with van der Waals surface area (Å²) in [7, 11) is 4.14. The van der Waals surface area contributed by atoms with Gasteiger partial charge in [-0.15, -0.1) is 0 Å². The maximum atomic E-state index is 5.93. The smallest absolute Gasteiger partial charge is 0.0575 e. The van der Waals surface area contributed by atoms with Gasteiger partial charge in [-0.05, 0) is 43.5 Å². The Labute approximate surface area is 129 Å². The van der Waals surface area contributed by atoms with Crippen LogP contribution in [0.15, 0.2) is 24.3 Å². The molecule has 3 heteroatoms. The first-order chi connectivity index (χ1) is 10.3. The van der Waals surface area contributed by atoms with Crippen molar-refractivity contribution in [3.8, 4) is 0 Å². The Morgan fingerprint density at radius 2 is 1.81 bits per heavy atom. The van der Waals surface area contributed by atoms with E-state index in [1.165, 1.54) is 43.4 Å². The third-order valence-electron chi connectivity index (χ3n) is 4.19. The highest BCUT2D eigenvalue weighted by molar-refractivity contribution is 5.45. The monoisotopic (exact) mass is 290 g/mol. The van der Waals surface area contributed by atoms with Crippen molar-refractivity contribution in [2.45, 2.75) is 51.2 Å². The van der Waals surface area contributed by atoms with Crippen LogP contribution in [0.5, 0.6) is 0 Å². The van der Waals surface area contributed by atoms with Crippen molar-refractivity contribution in [3.05, 3.63) is 29.8 Å². The summed E-state index contributed by atoms with van der Waals surface area (Å²) in [6.07, 6.45) is 8.28. The second kappa shape index (κ2) is 9.06. The number of hydrogen-bond donors (Lipinski definition) is 1. The molecule has 0 aliphatic heterocycles. The number of nitrogens with one attached hydrogen (secondary N) is 1. The van der Waals surface area contributed by atoms with E-state index >= 15 is 0 Å². The van der Waals surface area contributed by atoms with Gasteiger partial charge in [0.25, 0.3) is 0 Å². The third-order valence-corrected chi connectivity index (χ3v) is 4.19. The second-order valence-electron chi connectivity index (χ2n) is 6.22. The molecule has 1 aromatic rings. The highest BCUT2D eigenvalue weighted by Gasteiger charge is 2.12. The van der Waals surface area contributed by atoms with Crippen molar-refractivity contribution < 1.29 is 4.74 Å². The lowest BCUT2D eigenvalue weighted by Gasteiger charge is -2.21. The zero-order valence-electron chi connectivity index (χ0n) is 13.6. The Balaban J connectivity index is 1.53. The van der Waals surface area contributed by atoms with Crippen molar-refractivity contribution in [2.24, 2.45) is 0 Å². The molecule has 1 N–H and O–H groups in total. The van der Waals surface area contributed by atoms with Gasteiger partial charge in [-0.1, -0.05) is 31.4 Å². The normalized spacial score (nSPS) is 16.1. The number of nitrogens with zero attached hydrogens (tertiary/aromatic N) is 1. The van der Waals surface area contributed by atoms with E-state index in [9.17, 15) is 0 Å². The Kier molecular flexibility index (Phi) is 7.04. The first-order valence-corrected chi connectivity index (χ1v) is 8.34. The van der Waals surface area contributed by atoms with Gasteiger partial charge in [0.2, 0.25) is 0 Å². The fourth-order valence-electron chi connectivity index (χ4n) is 2.82. The predicted molar refractivity (Wildman–Crippen MR) is 89.9 cm³/mol. The largest absolute Gasteiger partial charge is 0.378 e. The third kappa shape index (κ3) is 6.06. The van der Waals surface area contributed by atoms with Crippen LogP contribution in [0.4, 0.5) is 5.69 Å². The molecule has 0 unspecified atom stereocenters. The second-order valence-corrected chi connectivity index (χ2v) is 6.22. The van der Waals surface area contributed by atoms with E-state index in [1.54, 1.807) is 0 Å². The highest BCUT2D eigenvalue weighted by Crippen LogP contribution is 2.20. The van der Waals surface area contributed by atoms with E-state index in [0.717, 1.165) is 26.1 Å². The molecule has 1 aliphatic carbocycles. The summed E-state index contributed by atoms with van der Waals surface area (Å²) in [5, 5.41) is 3.49. The molecule has 0 atom stereocenters. The van der Waals surface area contributed by atoms with Crippen molar-refractivity contribution in [1.29, 1.82) is 0 Å². The summed E-state index contributed by atoms with van der Waals surface area (Å²) >= 11 is 0. The molecule has 21 heavy (non-hydrogen) atoms. The van der Waals surface area contributed by atoms with E-state index < -0.39 is 0 Å². The fourth-order valence-corrected chi connectivity index (χ4v) is 2.82. The van der Waals surface area contributed by atoms with Gasteiger partial charge in [-0.2, -0.15) is 0 Å². The Bertz CT molecular complexity index is 383. The molecule has 0 spiro atoms. The van der Waals surface area contributed by atoms with Gasteiger partial charge in [0.15, 0.2) is 0 Å². The van der Waals surface area contributed by atoms with Crippen molar-refractivity contribution in [2.75, 3.05) is 32.1 Å². The van der Waals surface area contributed by atoms with Crippen LogP contribution in [0.2, 0.25) is 0 Å². The van der Waals surface area contributed by atoms with Gasteiger partial charge in [0.1, 0.15) is 0 Å². The molecule has 1 aromatic carbocycles. The minimum atomic E-state index is 0.539. The minimum Gasteiger partial charge on any atom is -0.378 e. The lowest BCUT2D eigenvalue weighted by atomic mass is 9.98. The number of hydrogen-bond acceptors (Lipinski definition) is 3. The number of rotatable bonds is 8. The van der Waals surface area contributed by atoms with Crippen LogP contribution in [0, 0.1) is 0 Å². The number of ether oxygens (including phenoxy) is 1. The summed E-state index contributed by atoms with van der Waals surface area (Å²) in [4.78, 5) is 2.12. The average molecular weight is 290 g/mol. The van der Waals surface area contributed by atoms with Gasteiger partial charge < -0.3 is 15.0 Å². The zero-order chi connectivity index (χ0) is 14.9. The van der Waals surface area contributed by atoms with Gasteiger partial charge >= 0.3 is 0 Å². The summed E-state index contributed by atoms with van der Waals surface area (Å²) in [5.41, 5.74) is 2.59. The molecule has 3 nitrogen and oxygen atoms in total. The zero-order valence-corrected chi connectivity index (χ0v) is 13.6. The Morgan fingerprint density at radius 3 is 2.48 bits per heavy atom. The topological polar surface area (TPSA) is 24.5 Å². The molecule has 2 rings (SSSR count). The standard InChI is InChI=1S/C18H30N2O/c1-20(2)17-11-9-16(10-12-17)15-19-13-6-14-21-18-7-4-3-5-8-18/h9-12,18-19H,3-8,13-15H2,1-2H3. The lowest BCUT2D eigenvalue weighted by molar-refractivity contribution is 0.0273. The Morgan fingerprint density at radius 1 is 1.10 bits per heavy atom. The van der Waals surface area contributed by atoms with Gasteiger partial charge in [0.05, 0.1) is 6.10 Å². The summed E-state index contributed by atoms with van der Waals surface area (Å²) in [6.45, 7) is 2.87. The van der Waals surface area contributed by atoms with Crippen LogP contribution < -0.4 is 10.2 Å². The van der Waals surface area contributed by atoms with Crippen LogP contribution in [0.3, 0.4) is 0 Å². The van der Waals surface area contributed by atoms with Crippen LogP contribution in [0.25, 0.3) is 0 Å². The molecule has 0 radical (unpaired) electrons. The van der Waals surface area contributed by atoms with Crippen molar-refractivity contribution >= 4 is 5.69 Å². The molecule has 0 amide bonds. The van der Waals surface area contributed by atoms with Crippen LogP contribution in [-0.2, 0) is 11.3 Å². The first kappa shape index (κ1) is 16.3. The highest BCUT2D eigenvalue weighted by atomic mass is 16.5. The van der Waals surface area contributed by atoms with Crippen molar-refractivity contribution in [1.82, 2.24) is 5.32 Å². The van der Waals surface area contributed by atoms with E-state index in [4.69, 9.17) is 4.74 Å². The maximum absolute atomic E-state index is 5.93. The SMILES string of the molecule is CN(C)c1ccc(CNCCCOC2CCCCC2)cc1. The van der Waals surface area contributed by atoms with E-state index in [0.29, 0.717) is 6.10 Å². The molecular formula is C18H30N2O. The summed E-state index contributed by atoms with van der Waals surface area (Å²) < 4.78 is 5.93. The predicted octanol–water partition coefficient (Wildman–Crippen LogP) is 3.58. The van der Waals surface area contributed by atoms with E-state index in [1.807, 2.05) is 0 Å². The molecule has 1 aliphatic rings. The summed E-state index contributed by atoms with van der Waals surface area (Å²) in [6, 6.07) is 8.73. The fraction of sp³-hybridized carbons (Fsp3) is 0.667. The molecule has 0 aromatic heterocycles. The van der Waals surface area contributed by atoms with E-state index in [-0.39, 0.29) is 0 Å². The molecule has 1 fully saturated rings.